The molecule has 3 heterocycles. The standard InChI is InChI=1S/C25H26N4O5/c1-24(2,3)34-22(31)28-12-19-20(13-30)33-23(32)29(19)17-6-4-15(10-18(17)28)16-5-7-21(27-11-16)25(14-26)8-9-25/h4-7,10-11,19-20,30H,8-9,12-13H2,1-3H3. The molecular formula is C25H26N4O5. The molecular weight excluding hydrogens is 436 g/mol. The Hall–Kier alpha value is -3.64. The molecule has 2 aliphatic heterocycles. The zero-order valence-electron chi connectivity index (χ0n) is 19.3. The van der Waals surface area contributed by atoms with E-state index in [0.29, 0.717) is 11.4 Å². The van der Waals surface area contributed by atoms with Crippen LogP contribution in [0.25, 0.3) is 11.1 Å². The number of hydrogen-bond acceptors (Lipinski definition) is 7. The van der Waals surface area contributed by atoms with Crippen molar-refractivity contribution in [3.63, 3.8) is 0 Å². The number of carbonyl (C=O) groups is 2. The minimum absolute atomic E-state index is 0.129. The van der Waals surface area contributed by atoms with E-state index in [4.69, 9.17) is 9.47 Å². The van der Waals surface area contributed by atoms with Gasteiger partial charge in [-0.05, 0) is 57.4 Å². The van der Waals surface area contributed by atoms with Gasteiger partial charge in [0.25, 0.3) is 0 Å². The number of benzene rings is 1. The Balaban J connectivity index is 1.54. The first-order valence-corrected chi connectivity index (χ1v) is 11.3. The van der Waals surface area contributed by atoms with Crippen molar-refractivity contribution in [1.29, 1.82) is 5.26 Å². The molecule has 2 amide bonds. The molecule has 34 heavy (non-hydrogen) atoms. The molecule has 1 N–H and O–H groups in total. The Bertz CT molecular complexity index is 1190. The van der Waals surface area contributed by atoms with Gasteiger partial charge in [-0.15, -0.1) is 0 Å². The number of aliphatic hydroxyl groups excluding tert-OH is 1. The Morgan fingerprint density at radius 3 is 2.59 bits per heavy atom. The second-order valence-corrected chi connectivity index (χ2v) is 9.96. The Morgan fingerprint density at radius 1 is 1.26 bits per heavy atom. The van der Waals surface area contributed by atoms with E-state index in [9.17, 15) is 20.0 Å². The third kappa shape index (κ3) is 3.64. The van der Waals surface area contributed by atoms with Crippen molar-refractivity contribution in [3.8, 4) is 17.2 Å². The average molecular weight is 463 g/mol. The Morgan fingerprint density at radius 2 is 2.00 bits per heavy atom. The summed E-state index contributed by atoms with van der Waals surface area (Å²) in [7, 11) is 0. The number of hydrogen-bond donors (Lipinski definition) is 1. The lowest BCUT2D eigenvalue weighted by Gasteiger charge is -2.38. The summed E-state index contributed by atoms with van der Waals surface area (Å²) >= 11 is 0. The fourth-order valence-electron chi connectivity index (χ4n) is 4.50. The van der Waals surface area contributed by atoms with Gasteiger partial charge in [-0.25, -0.2) is 9.59 Å². The number of nitrogens with zero attached hydrogens (tertiary/aromatic N) is 4. The van der Waals surface area contributed by atoms with Crippen LogP contribution in [0.4, 0.5) is 21.0 Å². The number of nitriles is 1. The summed E-state index contributed by atoms with van der Waals surface area (Å²) in [6.45, 7) is 5.16. The van der Waals surface area contributed by atoms with Gasteiger partial charge in [0.1, 0.15) is 11.7 Å². The van der Waals surface area contributed by atoms with E-state index < -0.39 is 35.3 Å². The second-order valence-electron chi connectivity index (χ2n) is 9.96. The molecule has 0 bridgehead atoms. The van der Waals surface area contributed by atoms with Crippen LogP contribution in [-0.2, 0) is 14.9 Å². The second kappa shape index (κ2) is 7.71. The van der Waals surface area contributed by atoms with E-state index in [1.165, 1.54) is 9.80 Å². The van der Waals surface area contributed by atoms with Crippen LogP contribution in [0.5, 0.6) is 0 Å². The smallest absolute Gasteiger partial charge is 0.415 e. The van der Waals surface area contributed by atoms with Crippen LogP contribution in [0.2, 0.25) is 0 Å². The van der Waals surface area contributed by atoms with E-state index in [1.54, 1.807) is 33.0 Å². The van der Waals surface area contributed by atoms with Crippen molar-refractivity contribution in [3.05, 3.63) is 42.2 Å². The van der Waals surface area contributed by atoms with Crippen LogP contribution in [0.3, 0.4) is 0 Å². The van der Waals surface area contributed by atoms with E-state index >= 15 is 0 Å². The lowest BCUT2D eigenvalue weighted by Crippen LogP contribution is -2.53. The van der Waals surface area contributed by atoms with Gasteiger partial charge in [-0.1, -0.05) is 12.1 Å². The van der Waals surface area contributed by atoms with Crippen molar-refractivity contribution < 1.29 is 24.2 Å². The number of cyclic esters (lactones) is 1. The summed E-state index contributed by atoms with van der Waals surface area (Å²) < 4.78 is 11.0. The number of pyridine rings is 1. The van der Waals surface area contributed by atoms with Gasteiger partial charge < -0.3 is 14.6 Å². The number of aliphatic hydroxyl groups is 1. The fraction of sp³-hybridized carbons (Fsp3) is 0.440. The molecule has 2 aromatic rings. The maximum atomic E-state index is 13.1. The fourth-order valence-corrected chi connectivity index (χ4v) is 4.50. The van der Waals surface area contributed by atoms with Crippen molar-refractivity contribution in [2.45, 2.75) is 56.8 Å². The van der Waals surface area contributed by atoms with Crippen LogP contribution in [0, 0.1) is 11.3 Å². The van der Waals surface area contributed by atoms with Gasteiger partial charge in [0.2, 0.25) is 0 Å². The highest BCUT2D eigenvalue weighted by molar-refractivity contribution is 6.03. The van der Waals surface area contributed by atoms with Crippen molar-refractivity contribution in [2.24, 2.45) is 0 Å². The lowest BCUT2D eigenvalue weighted by molar-refractivity contribution is 0.0561. The van der Waals surface area contributed by atoms with Gasteiger partial charge in [-0.3, -0.25) is 14.8 Å². The van der Waals surface area contributed by atoms with Crippen LogP contribution < -0.4 is 9.80 Å². The zero-order valence-corrected chi connectivity index (χ0v) is 19.3. The average Bonchev–Trinajstić information content (AvgIpc) is 3.54. The zero-order chi connectivity index (χ0) is 24.3. The molecule has 1 aromatic carbocycles. The Kier molecular flexibility index (Phi) is 5.02. The van der Waals surface area contributed by atoms with Gasteiger partial charge in [-0.2, -0.15) is 5.26 Å². The number of amides is 2. The number of aromatic nitrogens is 1. The van der Waals surface area contributed by atoms with E-state index in [2.05, 4.69) is 11.1 Å². The van der Waals surface area contributed by atoms with Crippen LogP contribution >= 0.6 is 0 Å². The van der Waals surface area contributed by atoms with Gasteiger partial charge >= 0.3 is 12.2 Å². The number of rotatable bonds is 3. The molecule has 1 aliphatic carbocycles. The first-order chi connectivity index (χ1) is 16.2. The summed E-state index contributed by atoms with van der Waals surface area (Å²) in [6, 6.07) is 11.0. The third-order valence-corrected chi connectivity index (χ3v) is 6.45. The maximum absolute atomic E-state index is 13.1. The first-order valence-electron chi connectivity index (χ1n) is 11.3. The van der Waals surface area contributed by atoms with Gasteiger partial charge in [0.05, 0.1) is 47.7 Å². The summed E-state index contributed by atoms with van der Waals surface area (Å²) in [5, 5.41) is 19.1. The number of anilines is 2. The van der Waals surface area contributed by atoms with E-state index in [1.807, 2.05) is 24.3 Å². The quantitative estimate of drug-likeness (QED) is 0.738. The number of fused-ring (bicyclic) bond motifs is 3. The van der Waals surface area contributed by atoms with Gasteiger partial charge in [0.15, 0.2) is 0 Å². The maximum Gasteiger partial charge on any atom is 0.415 e. The van der Waals surface area contributed by atoms with Crippen molar-refractivity contribution >= 4 is 23.6 Å². The highest BCUT2D eigenvalue weighted by atomic mass is 16.6. The highest BCUT2D eigenvalue weighted by Gasteiger charge is 2.49. The molecule has 1 saturated heterocycles. The summed E-state index contributed by atoms with van der Waals surface area (Å²) in [4.78, 5) is 33.2. The molecule has 0 radical (unpaired) electrons. The van der Waals surface area contributed by atoms with E-state index in [-0.39, 0.29) is 13.2 Å². The highest BCUT2D eigenvalue weighted by Crippen LogP contribution is 2.47. The monoisotopic (exact) mass is 462 g/mol. The molecule has 1 aromatic heterocycles. The molecule has 5 rings (SSSR count). The number of carbonyl (C=O) groups excluding carboxylic acids is 2. The summed E-state index contributed by atoms with van der Waals surface area (Å²) in [5.74, 6) is 0. The first kappa shape index (κ1) is 22.2. The molecule has 3 aliphatic rings. The predicted octanol–water partition coefficient (Wildman–Crippen LogP) is 3.74. The minimum atomic E-state index is -0.739. The van der Waals surface area contributed by atoms with Gasteiger partial charge in [0, 0.05) is 11.8 Å². The molecule has 9 heteroatoms. The van der Waals surface area contributed by atoms with Crippen molar-refractivity contribution in [2.75, 3.05) is 23.0 Å². The molecule has 2 unspecified atom stereocenters. The molecule has 176 valence electrons. The SMILES string of the molecule is CC(C)(C)OC(=O)N1CC2C(CO)OC(=O)N2c2ccc(-c3ccc(C4(C#N)CC4)nc3)cc21. The summed E-state index contributed by atoms with van der Waals surface area (Å²) in [5.41, 5.74) is 2.25. The Labute approximate surface area is 197 Å². The molecule has 9 nitrogen and oxygen atoms in total. The van der Waals surface area contributed by atoms with Crippen LogP contribution in [0.15, 0.2) is 36.5 Å². The van der Waals surface area contributed by atoms with E-state index in [0.717, 1.165) is 29.7 Å². The largest absolute Gasteiger partial charge is 0.443 e. The minimum Gasteiger partial charge on any atom is -0.443 e. The molecule has 0 spiro atoms. The summed E-state index contributed by atoms with van der Waals surface area (Å²) in [6.07, 6.45) is 1.53. The number of ether oxygens (including phenoxy) is 2. The topological polar surface area (TPSA) is 116 Å². The van der Waals surface area contributed by atoms with Crippen LogP contribution in [-0.4, -0.2) is 53.2 Å². The lowest BCUT2D eigenvalue weighted by atomic mass is 9.99. The van der Waals surface area contributed by atoms with Crippen molar-refractivity contribution in [1.82, 2.24) is 4.98 Å². The van der Waals surface area contributed by atoms with Crippen LogP contribution in [0.1, 0.15) is 39.3 Å². The molecule has 1 saturated carbocycles. The molecule has 2 fully saturated rings. The normalized spacial score (nSPS) is 22.4. The predicted molar refractivity (Wildman–Crippen MR) is 123 cm³/mol. The molecule has 2 atom stereocenters. The third-order valence-electron chi connectivity index (χ3n) is 6.45.